The molecule has 1 unspecified atom stereocenters. The van der Waals surface area contributed by atoms with Crippen LogP contribution in [-0.4, -0.2) is 41.0 Å². The number of nitrogens with zero attached hydrogens (tertiary/aromatic N) is 2. The SMILES string of the molecule is COC(=O)c1ccc(NCC(O)Cc2ccccc2)nn1. The van der Waals surface area contributed by atoms with Crippen LogP contribution in [0.3, 0.4) is 0 Å². The van der Waals surface area contributed by atoms with E-state index in [1.54, 1.807) is 6.07 Å². The highest BCUT2D eigenvalue weighted by atomic mass is 16.5. The fourth-order valence-corrected chi connectivity index (χ4v) is 1.82. The maximum absolute atomic E-state index is 11.2. The Kier molecular flexibility index (Phi) is 5.22. The lowest BCUT2D eigenvalue weighted by Gasteiger charge is -2.12. The molecule has 1 atom stereocenters. The predicted molar refractivity (Wildman–Crippen MR) is 78.0 cm³/mol. The topological polar surface area (TPSA) is 84.3 Å². The third-order valence-electron chi connectivity index (χ3n) is 2.89. The van der Waals surface area contributed by atoms with Crippen LogP contribution >= 0.6 is 0 Å². The molecule has 1 heterocycles. The van der Waals surface area contributed by atoms with Gasteiger partial charge in [0.1, 0.15) is 5.82 Å². The van der Waals surface area contributed by atoms with Gasteiger partial charge in [0.2, 0.25) is 0 Å². The van der Waals surface area contributed by atoms with Gasteiger partial charge in [0, 0.05) is 13.0 Å². The number of carbonyl (C=O) groups is 1. The maximum Gasteiger partial charge on any atom is 0.358 e. The van der Waals surface area contributed by atoms with Crippen LogP contribution in [0.1, 0.15) is 16.1 Å². The summed E-state index contributed by atoms with van der Waals surface area (Å²) in [5, 5.41) is 20.5. The van der Waals surface area contributed by atoms with Crippen LogP contribution in [-0.2, 0) is 11.2 Å². The summed E-state index contributed by atoms with van der Waals surface area (Å²) in [5.74, 6) is -0.0343. The van der Waals surface area contributed by atoms with E-state index >= 15 is 0 Å². The number of benzene rings is 1. The lowest BCUT2D eigenvalue weighted by atomic mass is 10.1. The Bertz CT molecular complexity index is 572. The molecular formula is C15H17N3O3. The number of ether oxygens (including phenoxy) is 1. The van der Waals surface area contributed by atoms with E-state index in [2.05, 4.69) is 20.3 Å². The number of aromatic nitrogens is 2. The molecule has 0 spiro atoms. The smallest absolute Gasteiger partial charge is 0.358 e. The van der Waals surface area contributed by atoms with Crippen LogP contribution in [0.2, 0.25) is 0 Å². The Balaban J connectivity index is 1.84. The van der Waals surface area contributed by atoms with E-state index < -0.39 is 12.1 Å². The molecule has 6 nitrogen and oxygen atoms in total. The maximum atomic E-state index is 11.2. The second-order valence-electron chi connectivity index (χ2n) is 4.52. The van der Waals surface area contributed by atoms with E-state index in [0.717, 1.165) is 5.56 Å². The lowest BCUT2D eigenvalue weighted by molar-refractivity contribution is 0.0592. The number of aliphatic hydroxyl groups is 1. The number of anilines is 1. The van der Waals surface area contributed by atoms with Gasteiger partial charge >= 0.3 is 5.97 Å². The largest absolute Gasteiger partial charge is 0.464 e. The summed E-state index contributed by atoms with van der Waals surface area (Å²) >= 11 is 0. The number of methoxy groups -OCH3 is 1. The van der Waals surface area contributed by atoms with Crippen molar-refractivity contribution in [1.29, 1.82) is 0 Å². The zero-order valence-corrected chi connectivity index (χ0v) is 11.7. The Morgan fingerprint density at radius 2 is 2.00 bits per heavy atom. The van der Waals surface area contributed by atoms with Crippen LogP contribution < -0.4 is 5.32 Å². The molecule has 0 saturated heterocycles. The molecule has 0 fully saturated rings. The number of carbonyl (C=O) groups excluding carboxylic acids is 1. The highest BCUT2D eigenvalue weighted by molar-refractivity contribution is 5.86. The van der Waals surface area contributed by atoms with Gasteiger partial charge in [0.15, 0.2) is 5.69 Å². The zero-order chi connectivity index (χ0) is 15.1. The number of aliphatic hydroxyl groups excluding tert-OH is 1. The van der Waals surface area contributed by atoms with Crippen LogP contribution in [0.15, 0.2) is 42.5 Å². The third-order valence-corrected chi connectivity index (χ3v) is 2.89. The first-order valence-corrected chi connectivity index (χ1v) is 6.57. The molecule has 0 amide bonds. The van der Waals surface area contributed by atoms with Gasteiger partial charge in [-0.15, -0.1) is 10.2 Å². The standard InChI is InChI=1S/C15H17N3O3/c1-21-15(20)13-7-8-14(18-17-13)16-10-12(19)9-11-5-3-2-4-6-11/h2-8,12,19H,9-10H2,1H3,(H,16,18). The minimum atomic E-state index is -0.533. The number of rotatable bonds is 6. The Morgan fingerprint density at radius 1 is 1.24 bits per heavy atom. The first kappa shape index (κ1) is 14.9. The molecule has 6 heteroatoms. The molecule has 2 aromatic rings. The van der Waals surface area contributed by atoms with E-state index in [1.807, 2.05) is 30.3 Å². The van der Waals surface area contributed by atoms with Crippen LogP contribution in [0.5, 0.6) is 0 Å². The molecule has 0 radical (unpaired) electrons. The number of nitrogens with one attached hydrogen (secondary N) is 1. The quantitative estimate of drug-likeness (QED) is 0.779. The lowest BCUT2D eigenvalue weighted by Crippen LogP contribution is -2.22. The highest BCUT2D eigenvalue weighted by Gasteiger charge is 2.09. The van der Waals surface area contributed by atoms with Crippen molar-refractivity contribution in [3.8, 4) is 0 Å². The van der Waals surface area contributed by atoms with Gasteiger partial charge in [0.05, 0.1) is 13.2 Å². The van der Waals surface area contributed by atoms with Crippen LogP contribution in [0.25, 0.3) is 0 Å². The number of hydrogen-bond donors (Lipinski definition) is 2. The molecule has 110 valence electrons. The number of esters is 1. The molecule has 2 N–H and O–H groups in total. The summed E-state index contributed by atoms with van der Waals surface area (Å²) in [4.78, 5) is 11.2. The van der Waals surface area contributed by atoms with E-state index in [-0.39, 0.29) is 5.69 Å². The van der Waals surface area contributed by atoms with E-state index in [0.29, 0.717) is 18.8 Å². The summed E-state index contributed by atoms with van der Waals surface area (Å²) in [6.45, 7) is 0.348. The van der Waals surface area contributed by atoms with Gasteiger partial charge < -0.3 is 15.2 Å². The zero-order valence-electron chi connectivity index (χ0n) is 11.7. The molecule has 1 aromatic carbocycles. The van der Waals surface area contributed by atoms with Crippen LogP contribution in [0.4, 0.5) is 5.82 Å². The van der Waals surface area contributed by atoms with E-state index in [9.17, 15) is 9.90 Å². The second kappa shape index (κ2) is 7.35. The minimum Gasteiger partial charge on any atom is -0.464 e. The Hall–Kier alpha value is -2.47. The third kappa shape index (κ3) is 4.54. The number of hydrogen-bond acceptors (Lipinski definition) is 6. The average molecular weight is 287 g/mol. The first-order chi connectivity index (χ1) is 10.2. The van der Waals surface area contributed by atoms with Crippen molar-refractivity contribution < 1.29 is 14.6 Å². The summed E-state index contributed by atoms with van der Waals surface area (Å²) < 4.78 is 4.54. The molecule has 1 aromatic heterocycles. The molecule has 21 heavy (non-hydrogen) atoms. The van der Waals surface area contributed by atoms with Crippen molar-refractivity contribution in [2.24, 2.45) is 0 Å². The van der Waals surface area contributed by atoms with Gasteiger partial charge in [-0.2, -0.15) is 0 Å². The molecule has 0 bridgehead atoms. The minimum absolute atomic E-state index is 0.146. The first-order valence-electron chi connectivity index (χ1n) is 6.57. The molecule has 0 aliphatic carbocycles. The summed E-state index contributed by atoms with van der Waals surface area (Å²) in [6, 6.07) is 12.9. The van der Waals surface area contributed by atoms with Gasteiger partial charge in [-0.25, -0.2) is 4.79 Å². The molecule has 0 saturated carbocycles. The monoisotopic (exact) mass is 287 g/mol. The molecule has 2 rings (SSSR count). The van der Waals surface area contributed by atoms with Crippen molar-refractivity contribution in [1.82, 2.24) is 10.2 Å². The molecule has 0 aliphatic rings. The molecule has 0 aliphatic heterocycles. The Morgan fingerprint density at radius 3 is 2.62 bits per heavy atom. The van der Waals surface area contributed by atoms with Crippen molar-refractivity contribution >= 4 is 11.8 Å². The van der Waals surface area contributed by atoms with Crippen molar-refractivity contribution in [2.75, 3.05) is 19.0 Å². The predicted octanol–water partition coefficient (Wildman–Crippen LogP) is 1.28. The summed E-state index contributed by atoms with van der Waals surface area (Å²) in [7, 11) is 1.29. The summed E-state index contributed by atoms with van der Waals surface area (Å²) in [5.41, 5.74) is 1.21. The van der Waals surface area contributed by atoms with Crippen molar-refractivity contribution in [3.05, 3.63) is 53.7 Å². The van der Waals surface area contributed by atoms with E-state index in [1.165, 1.54) is 13.2 Å². The van der Waals surface area contributed by atoms with Gasteiger partial charge in [-0.3, -0.25) is 0 Å². The average Bonchev–Trinajstić information content (AvgIpc) is 2.53. The normalized spacial score (nSPS) is 11.7. The van der Waals surface area contributed by atoms with Crippen LogP contribution in [0, 0.1) is 0 Å². The summed E-state index contributed by atoms with van der Waals surface area (Å²) in [6.07, 6.45) is 0.0242. The fraction of sp³-hybridized carbons (Fsp3) is 0.267. The Labute approximate surface area is 122 Å². The van der Waals surface area contributed by atoms with E-state index in [4.69, 9.17) is 0 Å². The van der Waals surface area contributed by atoms with Gasteiger partial charge in [-0.1, -0.05) is 30.3 Å². The van der Waals surface area contributed by atoms with Crippen molar-refractivity contribution in [3.63, 3.8) is 0 Å². The van der Waals surface area contributed by atoms with Crippen molar-refractivity contribution in [2.45, 2.75) is 12.5 Å². The molecular weight excluding hydrogens is 270 g/mol. The fourth-order valence-electron chi connectivity index (χ4n) is 1.82. The van der Waals surface area contributed by atoms with Gasteiger partial charge in [-0.05, 0) is 17.7 Å². The highest BCUT2D eigenvalue weighted by Crippen LogP contribution is 2.06. The van der Waals surface area contributed by atoms with Gasteiger partial charge in [0.25, 0.3) is 0 Å². The second-order valence-corrected chi connectivity index (χ2v) is 4.52.